The van der Waals surface area contributed by atoms with Crippen LogP contribution in [-0.4, -0.2) is 58.8 Å². The average Bonchev–Trinajstić information content (AvgIpc) is 3.06. The van der Waals surface area contributed by atoms with Gasteiger partial charge in [0.1, 0.15) is 11.9 Å². The van der Waals surface area contributed by atoms with E-state index in [0.29, 0.717) is 36.6 Å². The molecule has 1 fully saturated rings. The summed E-state index contributed by atoms with van der Waals surface area (Å²) in [4.78, 5) is 15.7. The van der Waals surface area contributed by atoms with Crippen LogP contribution in [0, 0.1) is 0 Å². The van der Waals surface area contributed by atoms with E-state index in [1.54, 1.807) is 31.4 Å². The molecule has 0 radical (unpaired) electrons. The molecular weight excluding hydrogens is 406 g/mol. The van der Waals surface area contributed by atoms with Crippen molar-refractivity contribution < 1.29 is 23.1 Å². The summed E-state index contributed by atoms with van der Waals surface area (Å²) in [5.74, 6) is 0.301. The van der Waals surface area contributed by atoms with Crippen molar-refractivity contribution in [2.24, 2.45) is 0 Å². The number of carbonyl (C=O) groups excluding carboxylic acids is 1. The molecule has 0 aliphatic carbocycles. The highest BCUT2D eigenvalue weighted by molar-refractivity contribution is 7.92. The summed E-state index contributed by atoms with van der Waals surface area (Å²) in [7, 11) is -0.317. The Morgan fingerprint density at radius 3 is 2.40 bits per heavy atom. The Morgan fingerprint density at radius 2 is 1.80 bits per heavy atom. The van der Waals surface area contributed by atoms with E-state index in [1.807, 2.05) is 24.9 Å². The third-order valence-electron chi connectivity index (χ3n) is 5.65. The maximum Gasteiger partial charge on any atom is 0.264 e. The van der Waals surface area contributed by atoms with Gasteiger partial charge in [0.2, 0.25) is 0 Å². The lowest BCUT2D eigenvalue weighted by Gasteiger charge is -2.41. The highest BCUT2D eigenvalue weighted by atomic mass is 32.2. The smallest absolute Gasteiger partial charge is 0.264 e. The third-order valence-corrected chi connectivity index (χ3v) is 7.59. The lowest BCUT2D eigenvalue weighted by molar-refractivity contribution is -0.123. The van der Waals surface area contributed by atoms with Gasteiger partial charge in [-0.1, -0.05) is 0 Å². The maximum atomic E-state index is 13.5. The number of ether oxygens (including phenoxy) is 1. The number of hydrogen-bond acceptors (Lipinski definition) is 6. The first-order valence-corrected chi connectivity index (χ1v) is 11.2. The third kappa shape index (κ3) is 3.27. The summed E-state index contributed by atoms with van der Waals surface area (Å²) < 4.78 is 33.8. The van der Waals surface area contributed by atoms with Crippen LogP contribution in [0.3, 0.4) is 0 Å². The van der Waals surface area contributed by atoms with E-state index in [-0.39, 0.29) is 16.8 Å². The molecule has 2 aromatic rings. The normalized spacial score (nSPS) is 21.7. The van der Waals surface area contributed by atoms with Crippen LogP contribution >= 0.6 is 0 Å². The van der Waals surface area contributed by atoms with Crippen molar-refractivity contribution in [2.45, 2.75) is 30.4 Å². The van der Waals surface area contributed by atoms with Gasteiger partial charge in [0.05, 0.1) is 29.4 Å². The Kier molecular flexibility index (Phi) is 5.11. The van der Waals surface area contributed by atoms with Crippen molar-refractivity contribution in [3.63, 3.8) is 0 Å². The minimum atomic E-state index is -3.82. The Bertz CT molecular complexity index is 1070. The standard InChI is InChI=1S/C21H25N3O5S/c1-14-13-22(2)19-12-16(29-3)6-9-18(19)24(14)30(27,28)17-7-4-15(5-8-17)23-11-10-20(25)21(23)26/h4-9,12,14,20,25H,10-11,13H2,1-3H3/t14?,20-/m0/s1. The van der Waals surface area contributed by atoms with Crippen molar-refractivity contribution in [3.8, 4) is 5.75 Å². The lowest BCUT2D eigenvalue weighted by atomic mass is 10.1. The van der Waals surface area contributed by atoms with Gasteiger partial charge in [-0.15, -0.1) is 0 Å². The van der Waals surface area contributed by atoms with Gasteiger partial charge in [-0.3, -0.25) is 9.10 Å². The number of likely N-dealkylation sites (N-methyl/N-ethyl adjacent to an activating group) is 1. The molecular formula is C21H25N3O5S. The van der Waals surface area contributed by atoms with Gasteiger partial charge < -0.3 is 19.6 Å². The summed E-state index contributed by atoms with van der Waals surface area (Å²) in [6.45, 7) is 2.83. The molecule has 9 heteroatoms. The predicted molar refractivity (Wildman–Crippen MR) is 115 cm³/mol. The molecule has 2 atom stereocenters. The molecule has 0 spiro atoms. The number of aliphatic hydroxyl groups is 1. The quantitative estimate of drug-likeness (QED) is 0.794. The molecule has 0 saturated carbocycles. The number of hydrogen-bond donors (Lipinski definition) is 1. The summed E-state index contributed by atoms with van der Waals surface area (Å²) >= 11 is 0. The van der Waals surface area contributed by atoms with Crippen molar-refractivity contribution in [1.82, 2.24) is 0 Å². The molecule has 4 rings (SSSR count). The van der Waals surface area contributed by atoms with E-state index >= 15 is 0 Å². The molecule has 8 nitrogen and oxygen atoms in total. The van der Waals surface area contributed by atoms with Crippen molar-refractivity contribution in [1.29, 1.82) is 0 Å². The molecule has 30 heavy (non-hydrogen) atoms. The number of methoxy groups -OCH3 is 1. The van der Waals surface area contributed by atoms with Crippen molar-refractivity contribution in [3.05, 3.63) is 42.5 Å². The molecule has 2 aliphatic heterocycles. The van der Waals surface area contributed by atoms with Gasteiger partial charge >= 0.3 is 0 Å². The summed E-state index contributed by atoms with van der Waals surface area (Å²) in [5.41, 5.74) is 1.95. The van der Waals surface area contributed by atoms with E-state index in [4.69, 9.17) is 4.74 Å². The van der Waals surface area contributed by atoms with Crippen LogP contribution in [0.15, 0.2) is 47.4 Å². The lowest BCUT2D eigenvalue weighted by Crippen LogP contribution is -2.49. The predicted octanol–water partition coefficient (Wildman–Crippen LogP) is 1.83. The minimum absolute atomic E-state index is 0.150. The maximum absolute atomic E-state index is 13.5. The Morgan fingerprint density at radius 1 is 1.10 bits per heavy atom. The van der Waals surface area contributed by atoms with Gasteiger partial charge in [0, 0.05) is 38.3 Å². The van der Waals surface area contributed by atoms with Crippen LogP contribution in [0.2, 0.25) is 0 Å². The molecule has 1 amide bonds. The molecule has 2 aliphatic rings. The zero-order valence-electron chi connectivity index (χ0n) is 17.1. The molecule has 1 unspecified atom stereocenters. The number of carbonyl (C=O) groups is 1. The molecule has 0 bridgehead atoms. The number of nitrogens with zero attached hydrogens (tertiary/aromatic N) is 3. The van der Waals surface area contributed by atoms with E-state index < -0.39 is 16.1 Å². The molecule has 2 aromatic carbocycles. The van der Waals surface area contributed by atoms with E-state index in [2.05, 4.69) is 0 Å². The first kappa shape index (κ1) is 20.5. The number of fused-ring (bicyclic) bond motifs is 1. The number of sulfonamides is 1. The zero-order valence-corrected chi connectivity index (χ0v) is 18.0. The molecule has 1 saturated heterocycles. The van der Waals surface area contributed by atoms with E-state index in [9.17, 15) is 18.3 Å². The molecule has 0 aromatic heterocycles. The topological polar surface area (TPSA) is 90.4 Å². The van der Waals surface area contributed by atoms with Gasteiger partial charge in [0.15, 0.2) is 0 Å². The fourth-order valence-electron chi connectivity index (χ4n) is 4.13. The monoisotopic (exact) mass is 431 g/mol. The van der Waals surface area contributed by atoms with Gasteiger partial charge in [0.25, 0.3) is 15.9 Å². The number of amides is 1. The van der Waals surface area contributed by atoms with Gasteiger partial charge in [-0.2, -0.15) is 0 Å². The fraction of sp³-hybridized carbons (Fsp3) is 0.381. The van der Waals surface area contributed by atoms with Crippen LogP contribution in [0.4, 0.5) is 17.1 Å². The first-order chi connectivity index (χ1) is 14.2. The number of benzene rings is 2. The molecule has 160 valence electrons. The first-order valence-electron chi connectivity index (χ1n) is 9.77. The van der Waals surface area contributed by atoms with Crippen LogP contribution in [-0.2, 0) is 14.8 Å². The Hall–Kier alpha value is -2.78. The van der Waals surface area contributed by atoms with Crippen LogP contribution < -0.4 is 18.8 Å². The van der Waals surface area contributed by atoms with Crippen LogP contribution in [0.1, 0.15) is 13.3 Å². The summed E-state index contributed by atoms with van der Waals surface area (Å²) in [6, 6.07) is 11.3. The number of anilines is 3. The zero-order chi connectivity index (χ0) is 21.6. The number of rotatable bonds is 4. The minimum Gasteiger partial charge on any atom is -0.497 e. The van der Waals surface area contributed by atoms with E-state index in [0.717, 1.165) is 5.69 Å². The van der Waals surface area contributed by atoms with E-state index in [1.165, 1.54) is 21.3 Å². The Balaban J connectivity index is 1.70. The van der Waals surface area contributed by atoms with Crippen LogP contribution in [0.5, 0.6) is 5.75 Å². The van der Waals surface area contributed by atoms with Crippen molar-refractivity contribution in [2.75, 3.05) is 41.4 Å². The second-order valence-corrected chi connectivity index (χ2v) is 9.49. The van der Waals surface area contributed by atoms with Crippen molar-refractivity contribution >= 4 is 33.0 Å². The number of aliphatic hydroxyl groups excluding tert-OH is 1. The molecule has 1 N–H and O–H groups in total. The summed E-state index contributed by atoms with van der Waals surface area (Å²) in [5, 5.41) is 9.66. The average molecular weight is 432 g/mol. The fourth-order valence-corrected chi connectivity index (χ4v) is 5.79. The second-order valence-electron chi connectivity index (χ2n) is 7.67. The van der Waals surface area contributed by atoms with Gasteiger partial charge in [-0.25, -0.2) is 8.42 Å². The van der Waals surface area contributed by atoms with Crippen LogP contribution in [0.25, 0.3) is 0 Å². The summed E-state index contributed by atoms with van der Waals surface area (Å²) in [6.07, 6.45) is -0.620. The SMILES string of the molecule is COc1ccc2c(c1)N(C)CC(C)N2S(=O)(=O)c1ccc(N2CC[C@H](O)C2=O)cc1. The molecule has 2 heterocycles. The highest BCUT2D eigenvalue weighted by Crippen LogP contribution is 2.40. The largest absolute Gasteiger partial charge is 0.497 e. The Labute approximate surface area is 176 Å². The highest BCUT2D eigenvalue weighted by Gasteiger charge is 2.36. The van der Waals surface area contributed by atoms with Gasteiger partial charge in [-0.05, 0) is 43.3 Å². The second kappa shape index (κ2) is 7.48.